The molecule has 0 spiro atoms. The van der Waals surface area contributed by atoms with Crippen LogP contribution in [-0.2, 0) is 6.54 Å². The maximum absolute atomic E-state index is 13.8. The Balaban J connectivity index is 2.50. The summed E-state index contributed by atoms with van der Waals surface area (Å²) in [7, 11) is 0. The molecule has 1 aromatic heterocycles. The van der Waals surface area contributed by atoms with Gasteiger partial charge in [0.1, 0.15) is 5.82 Å². The number of aryl methyl sites for hydroxylation is 1. The third-order valence-electron chi connectivity index (χ3n) is 2.64. The van der Waals surface area contributed by atoms with Gasteiger partial charge < -0.3 is 5.73 Å². The molecule has 0 saturated heterocycles. The molecular weight excluding hydrogens is 348 g/mol. The van der Waals surface area contributed by atoms with Crippen LogP contribution in [0.5, 0.6) is 0 Å². The van der Waals surface area contributed by atoms with E-state index < -0.39 is 5.82 Å². The zero-order valence-electron chi connectivity index (χ0n) is 9.65. The van der Waals surface area contributed by atoms with Crippen LogP contribution >= 0.6 is 22.6 Å². The third kappa shape index (κ3) is 2.38. The van der Waals surface area contributed by atoms with Crippen molar-refractivity contribution in [3.05, 3.63) is 55.5 Å². The molecule has 1 heterocycles. The van der Waals surface area contributed by atoms with Crippen molar-refractivity contribution in [2.75, 3.05) is 5.73 Å². The topological polar surface area (TPSA) is 60.9 Å². The molecule has 0 amide bonds. The minimum Gasteiger partial charge on any atom is -0.396 e. The number of nitrogens with two attached hydrogens (primary N) is 1. The van der Waals surface area contributed by atoms with Gasteiger partial charge in [-0.3, -0.25) is 9.36 Å². The van der Waals surface area contributed by atoms with Crippen LogP contribution in [0.15, 0.2) is 29.2 Å². The highest BCUT2D eigenvalue weighted by atomic mass is 127. The van der Waals surface area contributed by atoms with E-state index in [0.717, 1.165) is 0 Å². The second-order valence-corrected chi connectivity index (χ2v) is 5.03. The third-order valence-corrected chi connectivity index (χ3v) is 3.38. The molecule has 94 valence electrons. The van der Waals surface area contributed by atoms with Gasteiger partial charge in [0.2, 0.25) is 0 Å². The van der Waals surface area contributed by atoms with Gasteiger partial charge in [-0.2, -0.15) is 0 Å². The summed E-state index contributed by atoms with van der Waals surface area (Å²) in [4.78, 5) is 16.0. The lowest BCUT2D eigenvalue weighted by Crippen LogP contribution is -2.26. The predicted octanol–water partition coefficient (Wildman–Crippen LogP) is 1.93. The van der Waals surface area contributed by atoms with Crippen molar-refractivity contribution < 1.29 is 4.39 Å². The number of nitrogens with zero attached hydrogens (tertiary/aromatic N) is 2. The molecule has 4 nitrogen and oxygen atoms in total. The number of halogens is 2. The standard InChI is InChI=1S/C12H11FIN3O/c1-7-16-5-9(14)12(18)17(7)6-8-3-2-4-10(15)11(8)13/h2-5H,6,15H2,1H3. The monoisotopic (exact) mass is 359 g/mol. The number of benzene rings is 1. The predicted molar refractivity (Wildman–Crippen MR) is 75.9 cm³/mol. The van der Waals surface area contributed by atoms with Crippen LogP contribution in [0.1, 0.15) is 11.4 Å². The first-order chi connectivity index (χ1) is 8.50. The fourth-order valence-electron chi connectivity index (χ4n) is 1.63. The molecule has 1 aromatic carbocycles. The van der Waals surface area contributed by atoms with E-state index in [9.17, 15) is 9.18 Å². The summed E-state index contributed by atoms with van der Waals surface area (Å²) in [5.74, 6) is 0.0601. The van der Waals surface area contributed by atoms with Crippen LogP contribution in [-0.4, -0.2) is 9.55 Å². The van der Waals surface area contributed by atoms with Gasteiger partial charge in [-0.05, 0) is 35.6 Å². The van der Waals surface area contributed by atoms with Gasteiger partial charge in [-0.25, -0.2) is 9.37 Å². The average Bonchev–Trinajstić information content (AvgIpc) is 2.35. The molecule has 0 aliphatic heterocycles. The molecule has 0 aliphatic carbocycles. The summed E-state index contributed by atoms with van der Waals surface area (Å²) in [6.45, 7) is 1.84. The first-order valence-corrected chi connectivity index (χ1v) is 6.33. The maximum Gasteiger partial charge on any atom is 0.267 e. The highest BCUT2D eigenvalue weighted by Gasteiger charge is 2.10. The quantitative estimate of drug-likeness (QED) is 0.659. The molecule has 2 N–H and O–H groups in total. The van der Waals surface area contributed by atoms with Crippen molar-refractivity contribution in [3.8, 4) is 0 Å². The highest BCUT2D eigenvalue weighted by Crippen LogP contribution is 2.15. The maximum atomic E-state index is 13.8. The summed E-state index contributed by atoms with van der Waals surface area (Å²) < 4.78 is 15.7. The molecule has 2 rings (SSSR count). The Hall–Kier alpha value is -1.44. The molecule has 0 aliphatic rings. The first kappa shape index (κ1) is 13.0. The van der Waals surface area contributed by atoms with E-state index in [1.807, 2.05) is 22.6 Å². The lowest BCUT2D eigenvalue weighted by atomic mass is 10.2. The van der Waals surface area contributed by atoms with Crippen molar-refractivity contribution in [2.45, 2.75) is 13.5 Å². The molecule has 0 saturated carbocycles. The molecule has 0 bridgehead atoms. The van der Waals surface area contributed by atoms with Crippen molar-refractivity contribution in [1.29, 1.82) is 0 Å². The summed E-state index contributed by atoms with van der Waals surface area (Å²) in [6.07, 6.45) is 1.50. The fraction of sp³-hybridized carbons (Fsp3) is 0.167. The van der Waals surface area contributed by atoms with E-state index in [1.54, 1.807) is 19.1 Å². The van der Waals surface area contributed by atoms with Gasteiger partial charge in [0.25, 0.3) is 5.56 Å². The zero-order chi connectivity index (χ0) is 13.3. The molecule has 0 radical (unpaired) electrons. The Morgan fingerprint density at radius 3 is 2.94 bits per heavy atom. The van der Waals surface area contributed by atoms with Gasteiger partial charge in [0.15, 0.2) is 5.82 Å². The molecule has 18 heavy (non-hydrogen) atoms. The van der Waals surface area contributed by atoms with E-state index >= 15 is 0 Å². The highest BCUT2D eigenvalue weighted by molar-refractivity contribution is 14.1. The molecule has 2 aromatic rings. The van der Waals surface area contributed by atoms with E-state index in [-0.39, 0.29) is 17.8 Å². The normalized spacial score (nSPS) is 10.6. The molecular formula is C12H11FIN3O. The first-order valence-electron chi connectivity index (χ1n) is 5.25. The molecule has 0 atom stereocenters. The van der Waals surface area contributed by atoms with Crippen molar-refractivity contribution in [1.82, 2.24) is 9.55 Å². The van der Waals surface area contributed by atoms with Gasteiger partial charge in [0, 0.05) is 11.8 Å². The van der Waals surface area contributed by atoms with Crippen LogP contribution in [0.4, 0.5) is 10.1 Å². The van der Waals surface area contributed by atoms with Gasteiger partial charge in [-0.15, -0.1) is 0 Å². The number of hydrogen-bond acceptors (Lipinski definition) is 3. The van der Waals surface area contributed by atoms with Crippen molar-refractivity contribution >= 4 is 28.3 Å². The van der Waals surface area contributed by atoms with Crippen LogP contribution in [0.2, 0.25) is 0 Å². The Labute approximate surface area is 117 Å². The summed E-state index contributed by atoms with van der Waals surface area (Å²) in [6, 6.07) is 4.76. The molecule has 6 heteroatoms. The van der Waals surface area contributed by atoms with Crippen LogP contribution in [0.25, 0.3) is 0 Å². The SMILES string of the molecule is Cc1ncc(I)c(=O)n1Cc1cccc(N)c1F. The molecule has 0 unspecified atom stereocenters. The summed E-state index contributed by atoms with van der Waals surface area (Å²) in [5, 5.41) is 0. The number of aromatic nitrogens is 2. The van der Waals surface area contributed by atoms with Crippen molar-refractivity contribution in [3.63, 3.8) is 0 Å². The van der Waals surface area contributed by atoms with E-state index in [0.29, 0.717) is 15.0 Å². The van der Waals surface area contributed by atoms with Gasteiger partial charge in [0.05, 0.1) is 15.8 Å². The summed E-state index contributed by atoms with van der Waals surface area (Å²) >= 11 is 1.91. The van der Waals surface area contributed by atoms with Crippen LogP contribution in [0, 0.1) is 16.3 Å². The number of hydrogen-bond donors (Lipinski definition) is 1. The number of anilines is 1. The van der Waals surface area contributed by atoms with Crippen LogP contribution < -0.4 is 11.3 Å². The Kier molecular flexibility index (Phi) is 3.65. The largest absolute Gasteiger partial charge is 0.396 e. The van der Waals surface area contributed by atoms with Crippen molar-refractivity contribution in [2.24, 2.45) is 0 Å². The zero-order valence-corrected chi connectivity index (χ0v) is 11.8. The van der Waals surface area contributed by atoms with Gasteiger partial charge >= 0.3 is 0 Å². The smallest absolute Gasteiger partial charge is 0.267 e. The number of rotatable bonds is 2. The van der Waals surface area contributed by atoms with E-state index in [2.05, 4.69) is 4.98 Å². The minimum absolute atomic E-state index is 0.0804. The average molecular weight is 359 g/mol. The fourth-order valence-corrected chi connectivity index (χ4v) is 2.06. The second-order valence-electron chi connectivity index (χ2n) is 3.86. The lowest BCUT2D eigenvalue weighted by Gasteiger charge is -2.11. The Bertz CT molecular complexity index is 654. The lowest BCUT2D eigenvalue weighted by molar-refractivity contribution is 0.592. The van der Waals surface area contributed by atoms with Gasteiger partial charge in [-0.1, -0.05) is 12.1 Å². The van der Waals surface area contributed by atoms with Crippen LogP contribution in [0.3, 0.4) is 0 Å². The van der Waals surface area contributed by atoms with E-state index in [1.165, 1.54) is 16.8 Å². The number of nitrogen functional groups attached to an aromatic ring is 1. The Morgan fingerprint density at radius 2 is 2.22 bits per heavy atom. The van der Waals surface area contributed by atoms with E-state index in [4.69, 9.17) is 5.73 Å². The summed E-state index contributed by atoms with van der Waals surface area (Å²) in [5.41, 5.74) is 5.78. The Morgan fingerprint density at radius 1 is 1.50 bits per heavy atom. The minimum atomic E-state index is -0.484. The second kappa shape index (κ2) is 5.05. The molecule has 0 fully saturated rings.